The molecular weight excluding hydrogens is 431 g/mol. The second kappa shape index (κ2) is 9.60. The molecule has 1 aliphatic rings. The molecule has 0 fully saturated rings. The van der Waals surface area contributed by atoms with Crippen molar-refractivity contribution in [2.24, 2.45) is 0 Å². The van der Waals surface area contributed by atoms with Crippen LogP contribution in [0.5, 0.6) is 5.88 Å². The zero-order valence-corrected chi connectivity index (χ0v) is 17.9. The molecule has 1 atom stereocenters. The summed E-state index contributed by atoms with van der Waals surface area (Å²) < 4.78 is 45.9. The first kappa shape index (κ1) is 22.9. The Morgan fingerprint density at radius 2 is 2.10 bits per heavy atom. The lowest BCUT2D eigenvalue weighted by molar-refractivity contribution is -0.141. The van der Waals surface area contributed by atoms with E-state index in [1.165, 1.54) is 0 Å². The van der Waals surface area contributed by atoms with E-state index in [0.29, 0.717) is 25.1 Å². The summed E-state index contributed by atoms with van der Waals surface area (Å²) in [5, 5.41) is 5.77. The van der Waals surface area contributed by atoms with Crippen LogP contribution in [-0.4, -0.2) is 34.2 Å². The number of aromatic nitrogens is 2. The van der Waals surface area contributed by atoms with Crippen molar-refractivity contribution in [3.63, 3.8) is 0 Å². The smallest absolute Gasteiger partial charge is 0.435 e. The van der Waals surface area contributed by atoms with Gasteiger partial charge in [-0.1, -0.05) is 35.9 Å². The van der Waals surface area contributed by atoms with Gasteiger partial charge in [0, 0.05) is 12.6 Å². The Labute approximate surface area is 183 Å². The van der Waals surface area contributed by atoms with Crippen LogP contribution >= 0.6 is 11.6 Å². The van der Waals surface area contributed by atoms with E-state index >= 15 is 0 Å². The van der Waals surface area contributed by atoms with Crippen LogP contribution in [0.25, 0.3) is 5.70 Å². The number of carbonyl (C=O) groups excluding carboxylic acids is 1. The summed E-state index contributed by atoms with van der Waals surface area (Å²) in [5.74, 6) is -0.629. The molecule has 1 aliphatic carbocycles. The SMILES string of the molecule is Cc1ccc(C)c(CCNC(=O)COc2cc(C(F)(F)F)nn2C2=CC=CCC2Cl)c1. The van der Waals surface area contributed by atoms with Crippen LogP contribution in [0.3, 0.4) is 0 Å². The van der Waals surface area contributed by atoms with Gasteiger partial charge < -0.3 is 10.1 Å². The second-order valence-corrected chi connectivity index (χ2v) is 7.85. The summed E-state index contributed by atoms with van der Waals surface area (Å²) >= 11 is 6.23. The van der Waals surface area contributed by atoms with E-state index in [1.54, 1.807) is 18.2 Å². The van der Waals surface area contributed by atoms with Crippen LogP contribution in [0, 0.1) is 13.8 Å². The van der Waals surface area contributed by atoms with Crippen LogP contribution in [0.4, 0.5) is 13.2 Å². The zero-order chi connectivity index (χ0) is 22.6. The van der Waals surface area contributed by atoms with E-state index in [1.807, 2.05) is 26.0 Å². The highest BCUT2D eigenvalue weighted by Crippen LogP contribution is 2.34. The fourth-order valence-electron chi connectivity index (χ4n) is 3.18. The lowest BCUT2D eigenvalue weighted by atomic mass is 10.0. The number of amides is 1. The third kappa shape index (κ3) is 5.91. The maximum Gasteiger partial charge on any atom is 0.435 e. The van der Waals surface area contributed by atoms with E-state index in [0.717, 1.165) is 27.4 Å². The van der Waals surface area contributed by atoms with Gasteiger partial charge in [-0.25, -0.2) is 4.68 Å². The highest BCUT2D eigenvalue weighted by Gasteiger charge is 2.36. The number of aryl methyl sites for hydroxylation is 2. The molecule has 9 heteroatoms. The largest absolute Gasteiger partial charge is 0.467 e. The van der Waals surface area contributed by atoms with E-state index < -0.39 is 29.8 Å². The minimum Gasteiger partial charge on any atom is -0.467 e. The molecule has 0 aliphatic heterocycles. The van der Waals surface area contributed by atoms with Crippen LogP contribution < -0.4 is 10.1 Å². The molecule has 2 aromatic rings. The van der Waals surface area contributed by atoms with Crippen LogP contribution in [0.2, 0.25) is 0 Å². The monoisotopic (exact) mass is 453 g/mol. The quantitative estimate of drug-likeness (QED) is 0.620. The number of hydrogen-bond acceptors (Lipinski definition) is 3. The van der Waals surface area contributed by atoms with E-state index in [-0.39, 0.29) is 5.88 Å². The van der Waals surface area contributed by atoms with Crippen molar-refractivity contribution in [3.05, 3.63) is 64.9 Å². The summed E-state index contributed by atoms with van der Waals surface area (Å²) in [5.41, 5.74) is 2.63. The Bertz CT molecular complexity index is 1010. The van der Waals surface area contributed by atoms with Gasteiger partial charge in [-0.3, -0.25) is 4.79 Å². The minimum absolute atomic E-state index is 0.191. The zero-order valence-electron chi connectivity index (χ0n) is 17.2. The first-order chi connectivity index (χ1) is 14.6. The Morgan fingerprint density at radius 3 is 2.81 bits per heavy atom. The number of nitrogens with zero attached hydrogens (tertiary/aromatic N) is 2. The average molecular weight is 454 g/mol. The fraction of sp³-hybridized carbons (Fsp3) is 0.364. The maximum absolute atomic E-state index is 13.2. The van der Waals surface area contributed by atoms with E-state index in [4.69, 9.17) is 16.3 Å². The molecule has 1 N–H and O–H groups in total. The molecule has 5 nitrogen and oxygen atoms in total. The number of hydrogen-bond donors (Lipinski definition) is 1. The number of rotatable bonds is 7. The molecule has 31 heavy (non-hydrogen) atoms. The van der Waals surface area contributed by atoms with Crippen molar-refractivity contribution in [2.45, 2.75) is 38.2 Å². The third-order valence-electron chi connectivity index (χ3n) is 4.85. The first-order valence-corrected chi connectivity index (χ1v) is 10.2. The third-order valence-corrected chi connectivity index (χ3v) is 5.25. The van der Waals surface area contributed by atoms with Gasteiger partial charge in [0.2, 0.25) is 5.88 Å². The van der Waals surface area contributed by atoms with Gasteiger partial charge in [0.15, 0.2) is 12.3 Å². The molecule has 1 aromatic carbocycles. The molecular formula is C22H23ClF3N3O2. The summed E-state index contributed by atoms with van der Waals surface area (Å²) in [6, 6.07) is 6.87. The van der Waals surface area contributed by atoms with Crippen LogP contribution in [0.1, 0.15) is 28.8 Å². The van der Waals surface area contributed by atoms with E-state index in [9.17, 15) is 18.0 Å². The molecule has 1 amide bonds. The Balaban J connectivity index is 1.64. The molecule has 1 heterocycles. The lowest BCUT2D eigenvalue weighted by Crippen LogP contribution is -2.31. The van der Waals surface area contributed by atoms with Crippen LogP contribution in [0.15, 0.2) is 42.5 Å². The average Bonchev–Trinajstić information content (AvgIpc) is 3.14. The van der Waals surface area contributed by atoms with Crippen molar-refractivity contribution in [2.75, 3.05) is 13.2 Å². The lowest BCUT2D eigenvalue weighted by Gasteiger charge is -2.17. The van der Waals surface area contributed by atoms with Gasteiger partial charge in [-0.2, -0.15) is 18.3 Å². The molecule has 0 spiro atoms. The molecule has 1 unspecified atom stereocenters. The molecule has 0 saturated carbocycles. The van der Waals surface area contributed by atoms with Gasteiger partial charge in [0.05, 0.1) is 11.1 Å². The number of carbonyl (C=O) groups is 1. The molecule has 0 saturated heterocycles. The predicted molar refractivity (Wildman–Crippen MR) is 113 cm³/mol. The highest BCUT2D eigenvalue weighted by atomic mass is 35.5. The number of halogens is 4. The van der Waals surface area contributed by atoms with Crippen LogP contribution in [-0.2, 0) is 17.4 Å². The minimum atomic E-state index is -4.65. The Hall–Kier alpha value is -2.74. The van der Waals surface area contributed by atoms with Crippen molar-refractivity contribution in [1.29, 1.82) is 0 Å². The molecule has 3 rings (SSSR count). The molecule has 0 radical (unpaired) electrons. The van der Waals surface area contributed by atoms with Gasteiger partial charge in [-0.15, -0.1) is 11.6 Å². The van der Waals surface area contributed by atoms with Gasteiger partial charge >= 0.3 is 6.18 Å². The van der Waals surface area contributed by atoms with E-state index in [2.05, 4.69) is 16.5 Å². The first-order valence-electron chi connectivity index (χ1n) is 9.79. The summed E-state index contributed by atoms with van der Waals surface area (Å²) in [7, 11) is 0. The second-order valence-electron chi connectivity index (χ2n) is 7.32. The molecule has 0 bridgehead atoms. The topological polar surface area (TPSA) is 56.1 Å². The number of benzene rings is 1. The summed E-state index contributed by atoms with van der Waals surface area (Å²) in [6.45, 7) is 3.94. The number of ether oxygens (including phenoxy) is 1. The summed E-state index contributed by atoms with van der Waals surface area (Å²) in [6.07, 6.45) is 1.51. The Morgan fingerprint density at radius 1 is 1.32 bits per heavy atom. The Kier molecular flexibility index (Phi) is 7.10. The fourth-order valence-corrected chi connectivity index (χ4v) is 3.45. The standard InChI is InChI=1S/C22H23ClF3N3O2/c1-14-7-8-15(2)16(11-14)9-10-27-20(30)13-31-21-12-19(22(24,25)26)28-29(21)18-6-4-3-5-17(18)23/h3-4,6-8,11-12,17H,5,9-10,13H2,1-2H3,(H,27,30). The van der Waals surface area contributed by atoms with Gasteiger partial charge in [-0.05, 0) is 43.9 Å². The molecule has 1 aromatic heterocycles. The van der Waals surface area contributed by atoms with Crippen molar-refractivity contribution < 1.29 is 22.7 Å². The predicted octanol–water partition coefficient (Wildman–Crippen LogP) is 4.66. The number of allylic oxidation sites excluding steroid dienone is 4. The van der Waals surface area contributed by atoms with Gasteiger partial charge in [0.25, 0.3) is 5.91 Å². The highest BCUT2D eigenvalue weighted by molar-refractivity contribution is 6.25. The number of nitrogens with one attached hydrogen (secondary N) is 1. The van der Waals surface area contributed by atoms with Crippen molar-refractivity contribution >= 4 is 23.2 Å². The maximum atomic E-state index is 13.2. The molecule has 166 valence electrons. The normalized spacial score (nSPS) is 16.2. The summed E-state index contributed by atoms with van der Waals surface area (Å²) in [4.78, 5) is 12.2. The van der Waals surface area contributed by atoms with Crippen molar-refractivity contribution in [3.8, 4) is 5.88 Å². The van der Waals surface area contributed by atoms with Gasteiger partial charge in [0.1, 0.15) is 0 Å². The van der Waals surface area contributed by atoms with Crippen molar-refractivity contribution in [1.82, 2.24) is 15.1 Å². The number of alkyl halides is 4.